The number of hydrogen-bond acceptors (Lipinski definition) is 4. The zero-order chi connectivity index (χ0) is 13.2. The van der Waals surface area contributed by atoms with E-state index >= 15 is 0 Å². The summed E-state index contributed by atoms with van der Waals surface area (Å²) >= 11 is 0. The van der Waals surface area contributed by atoms with E-state index in [9.17, 15) is 13.5 Å². The van der Waals surface area contributed by atoms with Gasteiger partial charge in [-0.3, -0.25) is 0 Å². The molecule has 0 aromatic heterocycles. The van der Waals surface area contributed by atoms with E-state index in [1.54, 1.807) is 0 Å². The van der Waals surface area contributed by atoms with Gasteiger partial charge >= 0.3 is 0 Å². The Bertz CT molecular complexity index is 369. The van der Waals surface area contributed by atoms with Crippen LogP contribution in [0, 0.1) is 0 Å². The first-order chi connectivity index (χ1) is 8.39. The smallest absolute Gasteiger partial charge is 0.211 e. The summed E-state index contributed by atoms with van der Waals surface area (Å²) in [6.07, 6.45) is 7.24. The lowest BCUT2D eigenvalue weighted by molar-refractivity contribution is -0.00570. The molecule has 0 aromatic rings. The molecule has 0 atom stereocenters. The third-order valence-electron chi connectivity index (χ3n) is 4.20. The van der Waals surface area contributed by atoms with Gasteiger partial charge in [-0.15, -0.1) is 0 Å². The highest BCUT2D eigenvalue weighted by Gasteiger charge is 2.35. The molecule has 18 heavy (non-hydrogen) atoms. The van der Waals surface area contributed by atoms with Crippen LogP contribution < -0.4 is 5.32 Å². The minimum atomic E-state index is -3.10. The maximum atomic E-state index is 11.4. The van der Waals surface area contributed by atoms with Crippen LogP contribution in [0.4, 0.5) is 0 Å². The van der Waals surface area contributed by atoms with Gasteiger partial charge in [0.15, 0.2) is 0 Å². The average molecular weight is 276 g/mol. The van der Waals surface area contributed by atoms with Crippen molar-refractivity contribution in [3.05, 3.63) is 0 Å². The van der Waals surface area contributed by atoms with Gasteiger partial charge in [-0.05, 0) is 25.7 Å². The minimum absolute atomic E-state index is 0.432. The average Bonchev–Trinajstić information content (AvgIpc) is 2.79. The van der Waals surface area contributed by atoms with Crippen molar-refractivity contribution in [2.75, 3.05) is 25.9 Å². The van der Waals surface area contributed by atoms with E-state index in [-0.39, 0.29) is 0 Å². The van der Waals surface area contributed by atoms with Gasteiger partial charge in [0.05, 0.1) is 11.9 Å². The Kier molecular flexibility index (Phi) is 4.31. The molecule has 0 spiro atoms. The quantitative estimate of drug-likeness (QED) is 0.775. The molecule has 2 N–H and O–H groups in total. The Morgan fingerprint density at radius 3 is 2.33 bits per heavy atom. The van der Waals surface area contributed by atoms with E-state index in [1.165, 1.54) is 36.2 Å². The fourth-order valence-corrected chi connectivity index (χ4v) is 3.72. The van der Waals surface area contributed by atoms with Crippen LogP contribution in [0.5, 0.6) is 0 Å². The first kappa shape index (κ1) is 14.2. The van der Waals surface area contributed by atoms with E-state index in [4.69, 9.17) is 0 Å². The standard InChI is InChI=1S/C12H24N2O3S/c1-18(16,17)14-8-6-12(15,7-9-14)10-13-11-4-2-3-5-11/h11,13,15H,2-10H2,1H3. The van der Waals surface area contributed by atoms with Crippen LogP contribution in [-0.2, 0) is 10.0 Å². The summed E-state index contributed by atoms with van der Waals surface area (Å²) in [5.74, 6) is 0. The molecule has 1 saturated heterocycles. The fraction of sp³-hybridized carbons (Fsp3) is 1.00. The second-order valence-corrected chi connectivity index (χ2v) is 7.73. The van der Waals surface area contributed by atoms with Crippen LogP contribution in [0.1, 0.15) is 38.5 Å². The van der Waals surface area contributed by atoms with Crippen molar-refractivity contribution < 1.29 is 13.5 Å². The number of nitrogens with zero attached hydrogens (tertiary/aromatic N) is 1. The molecule has 1 aliphatic carbocycles. The minimum Gasteiger partial charge on any atom is -0.388 e. The summed E-state index contributed by atoms with van der Waals surface area (Å²) in [5.41, 5.74) is -0.732. The van der Waals surface area contributed by atoms with Gasteiger partial charge in [0.1, 0.15) is 0 Å². The van der Waals surface area contributed by atoms with E-state index in [0.29, 0.717) is 38.5 Å². The topological polar surface area (TPSA) is 69.6 Å². The van der Waals surface area contributed by atoms with Gasteiger partial charge in [0, 0.05) is 25.7 Å². The number of sulfonamides is 1. The molecule has 0 aromatic carbocycles. The van der Waals surface area contributed by atoms with Gasteiger partial charge in [0.2, 0.25) is 10.0 Å². The maximum Gasteiger partial charge on any atom is 0.211 e. The summed E-state index contributed by atoms with van der Waals surface area (Å²) in [4.78, 5) is 0. The van der Waals surface area contributed by atoms with Crippen molar-refractivity contribution in [1.29, 1.82) is 0 Å². The summed E-state index contributed by atoms with van der Waals surface area (Å²) in [7, 11) is -3.10. The molecular formula is C12H24N2O3S. The summed E-state index contributed by atoms with van der Waals surface area (Å²) in [6, 6.07) is 0.543. The molecule has 6 heteroatoms. The molecule has 5 nitrogen and oxygen atoms in total. The number of rotatable bonds is 4. The molecule has 1 saturated carbocycles. The van der Waals surface area contributed by atoms with Crippen molar-refractivity contribution in [1.82, 2.24) is 9.62 Å². The number of nitrogens with one attached hydrogen (secondary N) is 1. The van der Waals surface area contributed by atoms with Crippen LogP contribution in [0.2, 0.25) is 0 Å². The lowest BCUT2D eigenvalue weighted by Crippen LogP contribution is -2.52. The van der Waals surface area contributed by atoms with Gasteiger partial charge < -0.3 is 10.4 Å². The summed E-state index contributed by atoms with van der Waals surface area (Å²) in [6.45, 7) is 1.46. The molecule has 0 amide bonds. The normalized spacial score (nSPS) is 26.6. The van der Waals surface area contributed by atoms with E-state index in [2.05, 4.69) is 5.32 Å². The van der Waals surface area contributed by atoms with Crippen molar-refractivity contribution in [2.24, 2.45) is 0 Å². The second-order valence-electron chi connectivity index (χ2n) is 5.75. The zero-order valence-electron chi connectivity index (χ0n) is 11.1. The van der Waals surface area contributed by atoms with Crippen LogP contribution in [0.15, 0.2) is 0 Å². The highest BCUT2D eigenvalue weighted by Crippen LogP contribution is 2.24. The van der Waals surface area contributed by atoms with E-state index in [1.807, 2.05) is 0 Å². The highest BCUT2D eigenvalue weighted by atomic mass is 32.2. The van der Waals surface area contributed by atoms with Crippen molar-refractivity contribution in [3.8, 4) is 0 Å². The first-order valence-corrected chi connectivity index (χ1v) is 8.65. The maximum absolute atomic E-state index is 11.4. The van der Waals surface area contributed by atoms with Crippen molar-refractivity contribution in [3.63, 3.8) is 0 Å². The molecule has 0 radical (unpaired) electrons. The monoisotopic (exact) mass is 276 g/mol. The van der Waals surface area contributed by atoms with Gasteiger partial charge in [-0.2, -0.15) is 0 Å². The Balaban J connectivity index is 1.79. The van der Waals surface area contributed by atoms with E-state index < -0.39 is 15.6 Å². The molecule has 1 heterocycles. The Labute approximate surface area is 110 Å². The van der Waals surface area contributed by atoms with Crippen LogP contribution in [0.3, 0.4) is 0 Å². The van der Waals surface area contributed by atoms with Gasteiger partial charge in [-0.25, -0.2) is 12.7 Å². The van der Waals surface area contributed by atoms with Crippen LogP contribution in [0.25, 0.3) is 0 Å². The molecular weight excluding hydrogens is 252 g/mol. The zero-order valence-corrected chi connectivity index (χ0v) is 11.9. The molecule has 1 aliphatic heterocycles. The fourth-order valence-electron chi connectivity index (χ4n) is 2.88. The van der Waals surface area contributed by atoms with Crippen molar-refractivity contribution in [2.45, 2.75) is 50.2 Å². The summed E-state index contributed by atoms with van der Waals surface area (Å²) in [5, 5.41) is 13.9. The number of piperidine rings is 1. The lowest BCUT2D eigenvalue weighted by Gasteiger charge is -2.37. The second kappa shape index (κ2) is 5.45. The lowest BCUT2D eigenvalue weighted by atomic mass is 9.92. The van der Waals surface area contributed by atoms with Crippen LogP contribution in [-0.4, -0.2) is 55.4 Å². The highest BCUT2D eigenvalue weighted by molar-refractivity contribution is 7.88. The molecule has 2 fully saturated rings. The molecule has 106 valence electrons. The first-order valence-electron chi connectivity index (χ1n) is 6.80. The summed E-state index contributed by atoms with van der Waals surface area (Å²) < 4.78 is 24.2. The Hall–Kier alpha value is -0.170. The number of hydrogen-bond donors (Lipinski definition) is 2. The number of aliphatic hydroxyl groups is 1. The Morgan fingerprint density at radius 1 is 1.28 bits per heavy atom. The third kappa shape index (κ3) is 3.66. The van der Waals surface area contributed by atoms with Gasteiger partial charge in [-0.1, -0.05) is 12.8 Å². The van der Waals surface area contributed by atoms with Crippen molar-refractivity contribution >= 4 is 10.0 Å². The third-order valence-corrected chi connectivity index (χ3v) is 5.50. The van der Waals surface area contributed by atoms with E-state index in [0.717, 1.165) is 0 Å². The Morgan fingerprint density at radius 2 is 1.83 bits per heavy atom. The van der Waals surface area contributed by atoms with Gasteiger partial charge in [0.25, 0.3) is 0 Å². The molecule has 2 aliphatic rings. The predicted octanol–water partition coefficient (Wildman–Crippen LogP) is 0.305. The molecule has 2 rings (SSSR count). The largest absolute Gasteiger partial charge is 0.388 e. The SMILES string of the molecule is CS(=O)(=O)N1CCC(O)(CNC2CCCC2)CC1. The molecule has 0 unspecified atom stereocenters. The predicted molar refractivity (Wildman–Crippen MR) is 70.9 cm³/mol. The molecule has 0 bridgehead atoms. The van der Waals surface area contributed by atoms with Crippen LogP contribution >= 0.6 is 0 Å².